The highest BCUT2D eigenvalue weighted by Gasteiger charge is 2.38. The smallest absolute Gasteiger partial charge is 0.305 e. The average Bonchev–Trinajstić information content (AvgIpc) is 3.24. The molecular weight excluding hydrogens is 476 g/mol. The number of allylic oxidation sites excluding steroid dienone is 4. The molecule has 0 saturated heterocycles. The topological polar surface area (TPSA) is 66.8 Å². The first kappa shape index (κ1) is 26.0. The number of aryl methyl sites for hydroxylation is 2. The molecule has 1 aromatic heterocycles. The van der Waals surface area contributed by atoms with Gasteiger partial charge in [0, 0.05) is 20.6 Å². The molecule has 0 spiro atoms. The third kappa shape index (κ3) is 8.33. The summed E-state index contributed by atoms with van der Waals surface area (Å²) in [6.45, 7) is 6.03. The Morgan fingerprint density at radius 2 is 2.23 bits per heavy atom. The van der Waals surface area contributed by atoms with Crippen LogP contribution < -0.4 is 0 Å². The summed E-state index contributed by atoms with van der Waals surface area (Å²) in [6.07, 6.45) is 14.2. The van der Waals surface area contributed by atoms with Crippen molar-refractivity contribution < 1.29 is 19.7 Å². The minimum absolute atomic E-state index is 0.110. The van der Waals surface area contributed by atoms with E-state index in [4.69, 9.17) is 0 Å². The molecule has 1 unspecified atom stereocenters. The summed E-state index contributed by atoms with van der Waals surface area (Å²) in [5.74, 6) is 0.310. The molecule has 1 saturated carbocycles. The Morgan fingerprint density at radius 1 is 1.45 bits per heavy atom. The Kier molecular flexibility index (Phi) is 11.2. The molecule has 2 N–H and O–H groups in total. The molecule has 1 heterocycles. The second-order valence-corrected chi connectivity index (χ2v) is 10.4. The van der Waals surface area contributed by atoms with Gasteiger partial charge in [0.2, 0.25) is 0 Å². The summed E-state index contributed by atoms with van der Waals surface area (Å²) in [7, 11) is 1.41. The molecule has 31 heavy (non-hydrogen) atoms. The molecule has 1 aliphatic rings. The lowest BCUT2D eigenvalue weighted by molar-refractivity contribution is -0.140. The van der Waals surface area contributed by atoms with Crippen molar-refractivity contribution in [2.75, 3.05) is 7.11 Å². The minimum atomic E-state index is -0.501. The fourth-order valence-corrected chi connectivity index (χ4v) is 5.78. The highest BCUT2D eigenvalue weighted by atomic mass is 79.9. The van der Waals surface area contributed by atoms with E-state index in [9.17, 15) is 15.0 Å². The van der Waals surface area contributed by atoms with Crippen molar-refractivity contribution >= 4 is 33.2 Å². The van der Waals surface area contributed by atoms with Crippen LogP contribution in [0.3, 0.4) is 0 Å². The fraction of sp³-hybridized carbons (Fsp3) is 0.560. The van der Waals surface area contributed by atoms with Gasteiger partial charge in [0.25, 0.3) is 0 Å². The monoisotopic (exact) mass is 510 g/mol. The number of rotatable bonds is 12. The van der Waals surface area contributed by atoms with Crippen LogP contribution in [0.15, 0.2) is 47.5 Å². The Morgan fingerprint density at radius 3 is 2.87 bits per heavy atom. The zero-order valence-corrected chi connectivity index (χ0v) is 20.9. The number of unbranched alkanes of at least 4 members (excludes halogenated alkanes) is 1. The number of hydrogen-bond acceptors (Lipinski definition) is 5. The molecule has 1 aliphatic carbocycles. The Hall–Kier alpha value is -1.21. The maximum Gasteiger partial charge on any atom is 0.305 e. The second kappa shape index (κ2) is 13.4. The van der Waals surface area contributed by atoms with E-state index in [0.29, 0.717) is 19.3 Å². The molecule has 0 aliphatic heterocycles. The summed E-state index contributed by atoms with van der Waals surface area (Å²) < 4.78 is 5.78. The van der Waals surface area contributed by atoms with Gasteiger partial charge in [0.05, 0.1) is 19.3 Å². The van der Waals surface area contributed by atoms with Gasteiger partial charge in [-0.25, -0.2) is 0 Å². The first-order chi connectivity index (χ1) is 14.8. The number of halogens is 1. The SMILES string of the molecule is C=C[C@@H]1CC(O)[C@H](CC=CCCCC(=O)OC)[C@H]1C=C[C@@H](O)CCc1cc(Br)c(C)s1. The van der Waals surface area contributed by atoms with E-state index >= 15 is 0 Å². The third-order valence-corrected chi connectivity index (χ3v) is 8.20. The van der Waals surface area contributed by atoms with Gasteiger partial charge in [-0.05, 0) is 85.2 Å². The van der Waals surface area contributed by atoms with Crippen LogP contribution in [0.5, 0.6) is 0 Å². The van der Waals surface area contributed by atoms with Crippen LogP contribution in [-0.2, 0) is 16.0 Å². The lowest BCUT2D eigenvalue weighted by Gasteiger charge is -2.20. The number of esters is 1. The molecular formula is C25H35BrO4S. The van der Waals surface area contributed by atoms with Crippen LogP contribution in [0.2, 0.25) is 0 Å². The lowest BCUT2D eigenvalue weighted by Crippen LogP contribution is -2.18. The average molecular weight is 512 g/mol. The highest BCUT2D eigenvalue weighted by molar-refractivity contribution is 9.10. The normalized spacial score (nSPS) is 24.8. The van der Waals surface area contributed by atoms with Gasteiger partial charge in [0.15, 0.2) is 0 Å². The van der Waals surface area contributed by atoms with Crippen LogP contribution in [0.25, 0.3) is 0 Å². The van der Waals surface area contributed by atoms with Crippen molar-refractivity contribution in [2.24, 2.45) is 17.8 Å². The number of methoxy groups -OCH3 is 1. The molecule has 2 rings (SSSR count). The van der Waals surface area contributed by atoms with Gasteiger partial charge >= 0.3 is 5.97 Å². The van der Waals surface area contributed by atoms with E-state index in [1.807, 2.05) is 12.2 Å². The largest absolute Gasteiger partial charge is 0.469 e. The quantitative estimate of drug-likeness (QED) is 0.213. The van der Waals surface area contributed by atoms with Gasteiger partial charge in [-0.15, -0.1) is 17.9 Å². The predicted octanol–water partition coefficient (Wildman–Crippen LogP) is 5.76. The van der Waals surface area contributed by atoms with E-state index in [1.165, 1.54) is 16.9 Å². The van der Waals surface area contributed by atoms with Crippen LogP contribution in [0, 0.1) is 24.7 Å². The van der Waals surface area contributed by atoms with E-state index < -0.39 is 6.10 Å². The standard InChI is InChI=1S/C25H35BrO4S/c1-4-18-15-24(28)22(9-7-5-6-8-10-25(29)30-3)21(18)14-12-19(27)11-13-20-16-23(26)17(2)31-20/h4-5,7,12,14,16,18-19,21-22,24,27-28H,1,6,8-11,13,15H2,2-3H3/t18-,19+,21+,22-,24?/m1/s1. The number of hydrogen-bond donors (Lipinski definition) is 2. The van der Waals surface area contributed by atoms with Gasteiger partial charge in [-0.2, -0.15) is 0 Å². The van der Waals surface area contributed by atoms with Crippen molar-refractivity contribution in [3.63, 3.8) is 0 Å². The number of aliphatic hydroxyl groups is 2. The molecule has 1 aromatic rings. The first-order valence-corrected chi connectivity index (χ1v) is 12.6. The van der Waals surface area contributed by atoms with Crippen LogP contribution in [0.1, 0.15) is 48.3 Å². The zero-order valence-electron chi connectivity index (χ0n) is 18.5. The summed E-state index contributed by atoms with van der Waals surface area (Å²) in [6, 6.07) is 2.13. The summed E-state index contributed by atoms with van der Waals surface area (Å²) in [5.41, 5.74) is 0. The molecule has 1 fully saturated rings. The van der Waals surface area contributed by atoms with Crippen LogP contribution in [0.4, 0.5) is 0 Å². The van der Waals surface area contributed by atoms with Crippen molar-refractivity contribution in [2.45, 2.75) is 64.1 Å². The summed E-state index contributed by atoms with van der Waals surface area (Å²) >= 11 is 5.30. The van der Waals surface area contributed by atoms with Crippen molar-refractivity contribution in [3.8, 4) is 0 Å². The Labute approximate surface area is 198 Å². The highest BCUT2D eigenvalue weighted by Crippen LogP contribution is 2.41. The molecule has 0 bridgehead atoms. The Bertz CT molecular complexity index is 750. The third-order valence-electron chi connectivity index (χ3n) is 6.00. The Balaban J connectivity index is 1.87. The van der Waals surface area contributed by atoms with E-state index in [-0.39, 0.29) is 29.8 Å². The summed E-state index contributed by atoms with van der Waals surface area (Å²) in [4.78, 5) is 13.7. The van der Waals surface area contributed by atoms with E-state index in [2.05, 4.69) is 58.5 Å². The van der Waals surface area contributed by atoms with Crippen molar-refractivity contribution in [1.29, 1.82) is 0 Å². The second-order valence-electron chi connectivity index (χ2n) is 8.23. The molecule has 0 radical (unpaired) electrons. The van der Waals surface area contributed by atoms with Gasteiger partial charge in [-0.1, -0.05) is 30.4 Å². The fourth-order valence-electron chi connectivity index (χ4n) is 4.16. The number of ether oxygens (including phenoxy) is 1. The summed E-state index contributed by atoms with van der Waals surface area (Å²) in [5, 5.41) is 21.0. The predicted molar refractivity (Wildman–Crippen MR) is 131 cm³/mol. The molecule has 5 atom stereocenters. The maximum atomic E-state index is 11.2. The zero-order chi connectivity index (χ0) is 22.8. The molecule has 0 aromatic carbocycles. The number of carbonyl (C=O) groups is 1. The molecule has 6 heteroatoms. The number of thiophene rings is 1. The minimum Gasteiger partial charge on any atom is -0.469 e. The van der Waals surface area contributed by atoms with Gasteiger partial charge in [0.1, 0.15) is 0 Å². The van der Waals surface area contributed by atoms with Gasteiger partial charge < -0.3 is 14.9 Å². The molecule has 4 nitrogen and oxygen atoms in total. The van der Waals surface area contributed by atoms with E-state index in [0.717, 1.165) is 30.2 Å². The van der Waals surface area contributed by atoms with Crippen LogP contribution >= 0.6 is 27.3 Å². The maximum absolute atomic E-state index is 11.2. The van der Waals surface area contributed by atoms with Crippen molar-refractivity contribution in [3.05, 3.63) is 57.3 Å². The van der Waals surface area contributed by atoms with E-state index in [1.54, 1.807) is 11.3 Å². The number of aliphatic hydroxyl groups excluding tert-OH is 2. The van der Waals surface area contributed by atoms with Crippen LogP contribution in [-0.4, -0.2) is 35.5 Å². The molecule has 172 valence electrons. The lowest BCUT2D eigenvalue weighted by atomic mass is 9.86. The van der Waals surface area contributed by atoms with Crippen molar-refractivity contribution in [1.82, 2.24) is 0 Å². The number of carbonyl (C=O) groups excluding carboxylic acids is 1. The van der Waals surface area contributed by atoms with Gasteiger partial charge in [-0.3, -0.25) is 4.79 Å². The first-order valence-electron chi connectivity index (χ1n) is 11.0. The molecule has 0 amide bonds.